The van der Waals surface area contributed by atoms with Crippen molar-refractivity contribution in [2.45, 2.75) is 0 Å². The van der Waals surface area contributed by atoms with Crippen molar-refractivity contribution in [3.8, 4) is 11.3 Å². The molecule has 4 rings (SSSR count). The monoisotopic (exact) mass is 375 g/mol. The van der Waals surface area contributed by atoms with Crippen LogP contribution in [0, 0.1) is 0 Å². The number of carbonyl (C=O) groups is 2. The summed E-state index contributed by atoms with van der Waals surface area (Å²) in [5.74, 6) is -1.09. The Kier molecular flexibility index (Phi) is 4.43. The standard InChI is InChI=1S/C20H13N3O5/c24-18(14-10-13-8-4-5-9-16(13)27-20(14)26)21-22-19(25)15-11-17(28-23-15)12-6-2-1-3-7-12/h1-11H,(H,21,24)(H,22,25). The van der Waals surface area contributed by atoms with Gasteiger partial charge in [-0.3, -0.25) is 20.4 Å². The number of fused-ring (bicyclic) bond motifs is 1. The van der Waals surface area contributed by atoms with Crippen molar-refractivity contribution in [2.24, 2.45) is 0 Å². The highest BCUT2D eigenvalue weighted by molar-refractivity contribution is 5.99. The number of benzene rings is 2. The molecule has 8 nitrogen and oxygen atoms in total. The van der Waals surface area contributed by atoms with Crippen LogP contribution in [0.4, 0.5) is 0 Å². The number of nitrogens with zero attached hydrogens (tertiary/aromatic N) is 1. The Hall–Kier alpha value is -4.20. The summed E-state index contributed by atoms with van der Waals surface area (Å²) < 4.78 is 10.2. The smallest absolute Gasteiger partial charge is 0.349 e. The van der Waals surface area contributed by atoms with E-state index in [0.717, 1.165) is 5.56 Å². The van der Waals surface area contributed by atoms with Gasteiger partial charge in [-0.05, 0) is 12.1 Å². The van der Waals surface area contributed by atoms with Gasteiger partial charge in [0.15, 0.2) is 11.5 Å². The molecule has 0 saturated carbocycles. The fourth-order valence-electron chi connectivity index (χ4n) is 2.59. The Labute approximate surface area is 157 Å². The molecule has 4 aromatic rings. The molecule has 2 heterocycles. The quantitative estimate of drug-likeness (QED) is 0.420. The maximum atomic E-state index is 12.2. The van der Waals surface area contributed by atoms with E-state index in [4.69, 9.17) is 8.94 Å². The third kappa shape index (κ3) is 3.38. The summed E-state index contributed by atoms with van der Waals surface area (Å²) in [6.45, 7) is 0. The van der Waals surface area contributed by atoms with Crippen LogP contribution in [-0.2, 0) is 0 Å². The predicted octanol–water partition coefficient (Wildman–Crippen LogP) is 2.52. The molecular formula is C20H13N3O5. The summed E-state index contributed by atoms with van der Waals surface area (Å²) in [6, 6.07) is 18.8. The molecule has 0 bridgehead atoms. The average molecular weight is 375 g/mol. The van der Waals surface area contributed by atoms with Crippen LogP contribution in [0.5, 0.6) is 0 Å². The highest BCUT2D eigenvalue weighted by Gasteiger charge is 2.17. The molecule has 0 saturated heterocycles. The van der Waals surface area contributed by atoms with Gasteiger partial charge in [0.2, 0.25) is 0 Å². The van der Waals surface area contributed by atoms with E-state index in [1.807, 2.05) is 30.3 Å². The van der Waals surface area contributed by atoms with Crippen molar-refractivity contribution in [3.63, 3.8) is 0 Å². The molecule has 0 aliphatic carbocycles. The fourth-order valence-corrected chi connectivity index (χ4v) is 2.59. The normalized spacial score (nSPS) is 10.6. The third-order valence-corrected chi connectivity index (χ3v) is 3.98. The number of aromatic nitrogens is 1. The lowest BCUT2D eigenvalue weighted by atomic mass is 10.1. The molecule has 28 heavy (non-hydrogen) atoms. The second-order valence-electron chi connectivity index (χ2n) is 5.84. The molecule has 0 spiro atoms. The molecular weight excluding hydrogens is 362 g/mol. The Morgan fingerprint density at radius 2 is 1.57 bits per heavy atom. The first-order valence-electron chi connectivity index (χ1n) is 8.27. The SMILES string of the molecule is O=C(NNC(=O)c1cc2ccccc2oc1=O)c1cc(-c2ccccc2)on1. The lowest BCUT2D eigenvalue weighted by molar-refractivity contribution is 0.0839. The minimum atomic E-state index is -0.807. The van der Waals surface area contributed by atoms with Crippen LogP contribution >= 0.6 is 0 Å². The van der Waals surface area contributed by atoms with Crippen molar-refractivity contribution in [1.82, 2.24) is 16.0 Å². The Balaban J connectivity index is 1.47. The fraction of sp³-hybridized carbons (Fsp3) is 0. The van der Waals surface area contributed by atoms with E-state index in [2.05, 4.69) is 16.0 Å². The zero-order valence-electron chi connectivity index (χ0n) is 14.3. The van der Waals surface area contributed by atoms with Crippen molar-refractivity contribution in [1.29, 1.82) is 0 Å². The third-order valence-electron chi connectivity index (χ3n) is 3.98. The highest BCUT2D eigenvalue weighted by Crippen LogP contribution is 2.19. The maximum absolute atomic E-state index is 12.2. The van der Waals surface area contributed by atoms with E-state index in [1.54, 1.807) is 24.3 Å². The van der Waals surface area contributed by atoms with Crippen LogP contribution in [-0.4, -0.2) is 17.0 Å². The molecule has 0 radical (unpaired) electrons. The van der Waals surface area contributed by atoms with Gasteiger partial charge in [0.1, 0.15) is 11.1 Å². The molecule has 0 aliphatic heterocycles. The van der Waals surface area contributed by atoms with E-state index < -0.39 is 17.4 Å². The van der Waals surface area contributed by atoms with Crippen LogP contribution in [0.25, 0.3) is 22.3 Å². The first kappa shape index (κ1) is 17.2. The van der Waals surface area contributed by atoms with Gasteiger partial charge in [-0.15, -0.1) is 0 Å². The highest BCUT2D eigenvalue weighted by atomic mass is 16.5. The van der Waals surface area contributed by atoms with Gasteiger partial charge >= 0.3 is 5.63 Å². The molecule has 0 aliphatic rings. The number of hydrogen-bond acceptors (Lipinski definition) is 6. The van der Waals surface area contributed by atoms with Gasteiger partial charge in [-0.25, -0.2) is 4.79 Å². The molecule has 2 aromatic carbocycles. The number of hydrogen-bond donors (Lipinski definition) is 2. The lowest BCUT2D eigenvalue weighted by Gasteiger charge is -2.05. The van der Waals surface area contributed by atoms with Crippen LogP contribution < -0.4 is 16.5 Å². The number of carbonyl (C=O) groups excluding carboxylic acids is 2. The van der Waals surface area contributed by atoms with Gasteiger partial charge in [-0.2, -0.15) is 0 Å². The Morgan fingerprint density at radius 1 is 0.857 bits per heavy atom. The zero-order valence-corrected chi connectivity index (χ0v) is 14.3. The molecule has 2 N–H and O–H groups in total. The summed E-state index contributed by atoms with van der Waals surface area (Å²) in [5.41, 5.74) is 4.43. The number of amides is 2. The van der Waals surface area contributed by atoms with E-state index in [-0.39, 0.29) is 11.3 Å². The Morgan fingerprint density at radius 3 is 2.39 bits per heavy atom. The molecule has 0 fully saturated rings. The predicted molar refractivity (Wildman–Crippen MR) is 99.4 cm³/mol. The largest absolute Gasteiger partial charge is 0.422 e. The summed E-state index contributed by atoms with van der Waals surface area (Å²) in [7, 11) is 0. The van der Waals surface area contributed by atoms with Crippen molar-refractivity contribution >= 4 is 22.8 Å². The van der Waals surface area contributed by atoms with E-state index in [1.165, 1.54) is 12.1 Å². The molecule has 2 amide bonds. The van der Waals surface area contributed by atoms with Crippen LogP contribution in [0.2, 0.25) is 0 Å². The van der Waals surface area contributed by atoms with Gasteiger partial charge in [0, 0.05) is 17.0 Å². The van der Waals surface area contributed by atoms with Crippen molar-refractivity contribution < 1.29 is 18.5 Å². The number of hydrazine groups is 1. The minimum Gasteiger partial charge on any atom is -0.422 e. The second kappa shape index (κ2) is 7.20. The summed E-state index contributed by atoms with van der Waals surface area (Å²) in [4.78, 5) is 36.4. The molecule has 138 valence electrons. The van der Waals surface area contributed by atoms with E-state index in [0.29, 0.717) is 16.7 Å². The van der Waals surface area contributed by atoms with Crippen molar-refractivity contribution in [3.05, 3.63) is 88.4 Å². The lowest BCUT2D eigenvalue weighted by Crippen LogP contribution is -2.43. The number of rotatable bonds is 3. The number of para-hydroxylation sites is 1. The minimum absolute atomic E-state index is 0.0234. The van der Waals surface area contributed by atoms with Crippen LogP contribution in [0.15, 0.2) is 80.5 Å². The van der Waals surface area contributed by atoms with Gasteiger partial charge in [0.05, 0.1) is 0 Å². The van der Waals surface area contributed by atoms with Gasteiger partial charge in [0.25, 0.3) is 11.8 Å². The molecule has 8 heteroatoms. The number of nitrogens with one attached hydrogen (secondary N) is 2. The maximum Gasteiger partial charge on any atom is 0.349 e. The molecule has 2 aromatic heterocycles. The second-order valence-corrected chi connectivity index (χ2v) is 5.84. The van der Waals surface area contributed by atoms with E-state index in [9.17, 15) is 14.4 Å². The summed E-state index contributed by atoms with van der Waals surface area (Å²) in [6.07, 6.45) is 0. The van der Waals surface area contributed by atoms with Crippen LogP contribution in [0.1, 0.15) is 20.8 Å². The summed E-state index contributed by atoms with van der Waals surface area (Å²) >= 11 is 0. The van der Waals surface area contributed by atoms with Gasteiger partial charge in [-0.1, -0.05) is 53.7 Å². The topological polar surface area (TPSA) is 114 Å². The van der Waals surface area contributed by atoms with Crippen LogP contribution in [0.3, 0.4) is 0 Å². The summed E-state index contributed by atoms with van der Waals surface area (Å²) in [5, 5.41) is 4.27. The molecule has 0 unspecified atom stereocenters. The zero-order chi connectivity index (χ0) is 19.5. The first-order chi connectivity index (χ1) is 13.6. The first-order valence-corrected chi connectivity index (χ1v) is 8.27. The van der Waals surface area contributed by atoms with Gasteiger partial charge < -0.3 is 8.94 Å². The van der Waals surface area contributed by atoms with Crippen molar-refractivity contribution in [2.75, 3.05) is 0 Å². The Bertz CT molecular complexity index is 1230. The molecule has 0 atom stereocenters. The average Bonchev–Trinajstić information content (AvgIpc) is 3.22. The van der Waals surface area contributed by atoms with E-state index >= 15 is 0 Å².